The molecule has 29 heavy (non-hydrogen) atoms. The van der Waals surface area contributed by atoms with Gasteiger partial charge in [0.25, 0.3) is 0 Å². The van der Waals surface area contributed by atoms with E-state index in [9.17, 15) is 19.2 Å². The minimum atomic E-state index is -1.36. The lowest BCUT2D eigenvalue weighted by molar-refractivity contribution is -0.161. The Bertz CT molecular complexity index is 734. The summed E-state index contributed by atoms with van der Waals surface area (Å²) in [6.07, 6.45) is 0. The molecular weight excluding hydrogens is 386 g/mol. The molecule has 1 saturated heterocycles. The van der Waals surface area contributed by atoms with Crippen LogP contribution in [0.3, 0.4) is 0 Å². The molecule has 1 fully saturated rings. The van der Waals surface area contributed by atoms with Crippen LogP contribution in [0.25, 0.3) is 0 Å². The van der Waals surface area contributed by atoms with Crippen molar-refractivity contribution in [3.05, 3.63) is 24.3 Å². The number of hydrogen-bond acceptors (Lipinski definition) is 10. The van der Waals surface area contributed by atoms with Gasteiger partial charge in [0.1, 0.15) is 29.7 Å². The lowest BCUT2D eigenvalue weighted by Crippen LogP contribution is -2.48. The van der Waals surface area contributed by atoms with Crippen LogP contribution < -0.4 is 9.64 Å². The molecule has 0 saturated carbocycles. The molecule has 10 heteroatoms. The number of carbonyl (C=O) groups excluding carboxylic acids is 4. The molecule has 1 aliphatic rings. The Labute approximate surface area is 167 Å². The van der Waals surface area contributed by atoms with E-state index in [1.54, 1.807) is 24.3 Å². The highest BCUT2D eigenvalue weighted by Crippen LogP contribution is 2.42. The molecule has 0 aromatic heterocycles. The van der Waals surface area contributed by atoms with E-state index in [1.165, 1.54) is 12.0 Å². The van der Waals surface area contributed by atoms with Gasteiger partial charge in [-0.05, 0) is 24.3 Å². The van der Waals surface area contributed by atoms with Crippen molar-refractivity contribution in [2.45, 2.75) is 12.1 Å². The monoisotopic (exact) mass is 409 g/mol. The highest BCUT2D eigenvalue weighted by molar-refractivity contribution is 5.99. The lowest BCUT2D eigenvalue weighted by Gasteiger charge is -2.30. The molecular formula is C19H23NO9. The smallest absolute Gasteiger partial charge is 0.329 e. The third kappa shape index (κ3) is 3.96. The van der Waals surface area contributed by atoms with Gasteiger partial charge >= 0.3 is 23.9 Å². The van der Waals surface area contributed by atoms with E-state index >= 15 is 0 Å². The van der Waals surface area contributed by atoms with Crippen molar-refractivity contribution < 1.29 is 42.9 Å². The maximum absolute atomic E-state index is 12.7. The zero-order chi connectivity index (χ0) is 21.7. The summed E-state index contributed by atoms with van der Waals surface area (Å²) in [5.41, 5.74) is 0.372. The van der Waals surface area contributed by atoms with Crippen molar-refractivity contribution in [1.29, 1.82) is 0 Å². The van der Waals surface area contributed by atoms with Crippen LogP contribution in [0, 0.1) is 11.8 Å². The van der Waals surface area contributed by atoms with E-state index in [1.807, 2.05) is 0 Å². The van der Waals surface area contributed by atoms with Gasteiger partial charge in [0.15, 0.2) is 0 Å². The molecule has 1 heterocycles. The normalized spacial score (nSPS) is 23.1. The van der Waals surface area contributed by atoms with E-state index in [-0.39, 0.29) is 0 Å². The fraction of sp³-hybridized carbons (Fsp3) is 0.474. The second-order valence-corrected chi connectivity index (χ2v) is 6.14. The molecule has 2 rings (SSSR count). The van der Waals surface area contributed by atoms with Crippen LogP contribution >= 0.6 is 0 Å². The molecule has 1 aliphatic heterocycles. The van der Waals surface area contributed by atoms with Crippen LogP contribution in [-0.4, -0.2) is 71.5 Å². The molecule has 158 valence electrons. The number of esters is 4. The van der Waals surface area contributed by atoms with Crippen molar-refractivity contribution in [2.24, 2.45) is 11.8 Å². The van der Waals surface area contributed by atoms with Crippen molar-refractivity contribution >= 4 is 29.6 Å². The van der Waals surface area contributed by atoms with Gasteiger partial charge in [-0.2, -0.15) is 0 Å². The Morgan fingerprint density at radius 3 is 1.34 bits per heavy atom. The summed E-state index contributed by atoms with van der Waals surface area (Å²) in [7, 11) is 6.01. The van der Waals surface area contributed by atoms with E-state index in [2.05, 4.69) is 0 Å². The van der Waals surface area contributed by atoms with Crippen molar-refractivity contribution in [2.75, 3.05) is 40.4 Å². The Balaban J connectivity index is 2.73. The summed E-state index contributed by atoms with van der Waals surface area (Å²) >= 11 is 0. The second-order valence-electron chi connectivity index (χ2n) is 6.14. The Morgan fingerprint density at radius 1 is 0.655 bits per heavy atom. The quantitative estimate of drug-likeness (QED) is 0.475. The maximum atomic E-state index is 12.7. The topological polar surface area (TPSA) is 118 Å². The second kappa shape index (κ2) is 9.26. The summed E-state index contributed by atoms with van der Waals surface area (Å²) in [4.78, 5) is 51.8. The fourth-order valence-electron chi connectivity index (χ4n) is 3.57. The number of benzene rings is 1. The predicted octanol–water partition coefficient (Wildman–Crippen LogP) is 0.177. The number of methoxy groups -OCH3 is 5. The van der Waals surface area contributed by atoms with E-state index in [0.717, 1.165) is 28.4 Å². The van der Waals surface area contributed by atoms with E-state index in [4.69, 9.17) is 23.7 Å². The first kappa shape index (κ1) is 22.0. The minimum Gasteiger partial charge on any atom is -0.497 e. The van der Waals surface area contributed by atoms with Crippen LogP contribution in [0.4, 0.5) is 5.69 Å². The molecule has 0 amide bonds. The van der Waals surface area contributed by atoms with E-state index in [0.29, 0.717) is 11.4 Å². The first-order valence-electron chi connectivity index (χ1n) is 8.59. The Kier molecular flexibility index (Phi) is 7.03. The molecule has 1 aromatic carbocycles. The van der Waals surface area contributed by atoms with Gasteiger partial charge in [0.2, 0.25) is 0 Å². The zero-order valence-electron chi connectivity index (χ0n) is 16.7. The number of anilines is 1. The first-order valence-corrected chi connectivity index (χ1v) is 8.59. The third-order valence-electron chi connectivity index (χ3n) is 4.87. The molecule has 0 spiro atoms. The zero-order valence-corrected chi connectivity index (χ0v) is 16.7. The van der Waals surface area contributed by atoms with Gasteiger partial charge in [0, 0.05) is 5.69 Å². The first-order chi connectivity index (χ1) is 13.9. The highest BCUT2D eigenvalue weighted by atomic mass is 16.5. The number of nitrogens with zero attached hydrogens (tertiary/aromatic N) is 1. The van der Waals surface area contributed by atoms with Crippen LogP contribution in [0.2, 0.25) is 0 Å². The summed E-state index contributed by atoms with van der Waals surface area (Å²) in [6, 6.07) is 3.73. The van der Waals surface area contributed by atoms with Crippen molar-refractivity contribution in [1.82, 2.24) is 0 Å². The molecule has 0 unspecified atom stereocenters. The van der Waals surface area contributed by atoms with Crippen molar-refractivity contribution in [3.8, 4) is 5.75 Å². The SMILES string of the molecule is COC(=O)[C@H]1[C@H](C(=O)OC)[C@@H](C(=O)OC)N(c2ccc(OC)cc2)[C@@H]1C(=O)OC. The Hall–Kier alpha value is -3.30. The average molecular weight is 409 g/mol. The summed E-state index contributed by atoms with van der Waals surface area (Å²) in [5.74, 6) is -5.54. The summed E-state index contributed by atoms with van der Waals surface area (Å²) in [5, 5.41) is 0. The van der Waals surface area contributed by atoms with Gasteiger partial charge in [-0.3, -0.25) is 9.59 Å². The number of hydrogen-bond donors (Lipinski definition) is 0. The number of rotatable bonds is 6. The number of carbonyl (C=O) groups is 4. The Morgan fingerprint density at radius 2 is 1.03 bits per heavy atom. The number of ether oxygens (including phenoxy) is 5. The molecule has 0 N–H and O–H groups in total. The average Bonchev–Trinajstić information content (AvgIpc) is 3.12. The molecule has 4 atom stereocenters. The standard InChI is InChI=1S/C19H23NO9/c1-25-11-8-6-10(7-9-11)20-14(18(23)28-4)12(16(21)26-2)13(17(22)27-3)15(20)19(24)29-5/h6-9,12-15H,1-5H3/t12-,13-,14-,15-/m0/s1. The van der Waals surface area contributed by atoms with Crippen LogP contribution in [-0.2, 0) is 38.1 Å². The summed E-state index contributed by atoms with van der Waals surface area (Å²) < 4.78 is 24.5. The van der Waals surface area contributed by atoms with Crippen molar-refractivity contribution in [3.63, 3.8) is 0 Å². The van der Waals surface area contributed by atoms with Gasteiger partial charge in [-0.25, -0.2) is 9.59 Å². The van der Waals surface area contributed by atoms with Crippen LogP contribution in [0.15, 0.2) is 24.3 Å². The fourth-order valence-corrected chi connectivity index (χ4v) is 3.57. The van der Waals surface area contributed by atoms with Gasteiger partial charge in [-0.1, -0.05) is 0 Å². The molecule has 10 nitrogen and oxygen atoms in total. The lowest BCUT2D eigenvalue weighted by atomic mass is 9.86. The molecule has 0 bridgehead atoms. The third-order valence-corrected chi connectivity index (χ3v) is 4.87. The van der Waals surface area contributed by atoms with Gasteiger partial charge in [0.05, 0.1) is 35.5 Å². The van der Waals surface area contributed by atoms with Crippen LogP contribution in [0.5, 0.6) is 5.75 Å². The maximum Gasteiger partial charge on any atom is 0.329 e. The molecule has 0 aliphatic carbocycles. The largest absolute Gasteiger partial charge is 0.497 e. The van der Waals surface area contributed by atoms with Gasteiger partial charge in [-0.15, -0.1) is 0 Å². The van der Waals surface area contributed by atoms with Gasteiger partial charge < -0.3 is 28.6 Å². The van der Waals surface area contributed by atoms with Crippen LogP contribution in [0.1, 0.15) is 0 Å². The minimum absolute atomic E-state index is 0.372. The molecule has 0 radical (unpaired) electrons. The molecule has 1 aromatic rings. The predicted molar refractivity (Wildman–Crippen MR) is 98.1 cm³/mol. The highest BCUT2D eigenvalue weighted by Gasteiger charge is 2.62. The summed E-state index contributed by atoms with van der Waals surface area (Å²) in [6.45, 7) is 0. The van der Waals surface area contributed by atoms with E-state index < -0.39 is 47.8 Å².